The SMILES string of the molecule is O=C(C=Cc1c(F)cccc1Cl)N[C@H](CO)c1cccc(N2CCOCC2)c1. The van der Waals surface area contributed by atoms with Crippen molar-refractivity contribution in [3.05, 3.63) is 70.5 Å². The van der Waals surface area contributed by atoms with Crippen LogP contribution in [0.2, 0.25) is 5.02 Å². The van der Waals surface area contributed by atoms with E-state index < -0.39 is 17.8 Å². The number of carbonyl (C=O) groups excluding carboxylic acids is 1. The van der Waals surface area contributed by atoms with Crippen molar-refractivity contribution in [2.75, 3.05) is 37.8 Å². The minimum Gasteiger partial charge on any atom is -0.394 e. The Hall–Kier alpha value is -2.41. The van der Waals surface area contributed by atoms with E-state index in [9.17, 15) is 14.3 Å². The van der Waals surface area contributed by atoms with Gasteiger partial charge in [-0.15, -0.1) is 0 Å². The highest BCUT2D eigenvalue weighted by atomic mass is 35.5. The number of nitrogens with zero attached hydrogens (tertiary/aromatic N) is 1. The van der Waals surface area contributed by atoms with Gasteiger partial charge in [0.15, 0.2) is 0 Å². The number of nitrogens with one attached hydrogen (secondary N) is 1. The molecule has 1 amide bonds. The normalized spacial score (nSPS) is 15.6. The number of aliphatic hydroxyl groups excluding tert-OH is 1. The summed E-state index contributed by atoms with van der Waals surface area (Å²) < 4.78 is 19.2. The first-order valence-electron chi connectivity index (χ1n) is 9.04. The smallest absolute Gasteiger partial charge is 0.244 e. The van der Waals surface area contributed by atoms with Gasteiger partial charge < -0.3 is 20.1 Å². The van der Waals surface area contributed by atoms with Crippen molar-refractivity contribution in [3.8, 4) is 0 Å². The molecule has 3 rings (SSSR count). The Labute approximate surface area is 168 Å². The molecule has 1 aliphatic rings. The van der Waals surface area contributed by atoms with Gasteiger partial charge in [0.2, 0.25) is 5.91 Å². The first kappa shape index (κ1) is 20.3. The highest BCUT2D eigenvalue weighted by molar-refractivity contribution is 6.32. The van der Waals surface area contributed by atoms with Crippen molar-refractivity contribution in [2.24, 2.45) is 0 Å². The summed E-state index contributed by atoms with van der Waals surface area (Å²) in [7, 11) is 0. The second-order valence-electron chi connectivity index (χ2n) is 6.41. The van der Waals surface area contributed by atoms with Crippen molar-refractivity contribution in [1.82, 2.24) is 5.32 Å². The third kappa shape index (κ3) is 5.10. The van der Waals surface area contributed by atoms with Crippen molar-refractivity contribution in [1.29, 1.82) is 0 Å². The lowest BCUT2D eigenvalue weighted by Crippen LogP contribution is -2.36. The summed E-state index contributed by atoms with van der Waals surface area (Å²) in [5, 5.41) is 12.7. The molecule has 7 heteroatoms. The topological polar surface area (TPSA) is 61.8 Å². The predicted octanol–water partition coefficient (Wildman–Crippen LogP) is 3.18. The quantitative estimate of drug-likeness (QED) is 0.726. The molecule has 5 nitrogen and oxygen atoms in total. The van der Waals surface area contributed by atoms with E-state index in [0.29, 0.717) is 13.2 Å². The van der Waals surface area contributed by atoms with Crippen LogP contribution in [0.15, 0.2) is 48.5 Å². The summed E-state index contributed by atoms with van der Waals surface area (Å²) in [6, 6.07) is 11.4. The van der Waals surface area contributed by atoms with E-state index in [1.165, 1.54) is 24.3 Å². The number of hydrogen-bond acceptors (Lipinski definition) is 4. The Kier molecular flexibility index (Phi) is 7.03. The zero-order valence-electron chi connectivity index (χ0n) is 15.3. The lowest BCUT2D eigenvalue weighted by atomic mass is 10.1. The average Bonchev–Trinajstić information content (AvgIpc) is 2.72. The van der Waals surface area contributed by atoms with E-state index in [1.807, 2.05) is 24.3 Å². The first-order chi connectivity index (χ1) is 13.6. The molecule has 0 aromatic heterocycles. The highest BCUT2D eigenvalue weighted by Gasteiger charge is 2.16. The fourth-order valence-electron chi connectivity index (χ4n) is 3.04. The summed E-state index contributed by atoms with van der Waals surface area (Å²) in [4.78, 5) is 14.5. The maximum Gasteiger partial charge on any atom is 0.244 e. The summed E-state index contributed by atoms with van der Waals surface area (Å²) in [6.45, 7) is 2.69. The van der Waals surface area contributed by atoms with Gasteiger partial charge in [0.25, 0.3) is 0 Å². The van der Waals surface area contributed by atoms with Crippen LogP contribution in [-0.4, -0.2) is 43.9 Å². The van der Waals surface area contributed by atoms with Crippen LogP contribution in [-0.2, 0) is 9.53 Å². The van der Waals surface area contributed by atoms with Gasteiger partial charge in [-0.3, -0.25) is 4.79 Å². The molecule has 0 spiro atoms. The zero-order valence-corrected chi connectivity index (χ0v) is 16.0. The molecule has 1 aliphatic heterocycles. The number of carbonyl (C=O) groups is 1. The molecule has 1 fully saturated rings. The van der Waals surface area contributed by atoms with E-state index in [1.54, 1.807) is 6.07 Å². The number of aliphatic hydroxyl groups is 1. The standard InChI is InChI=1S/C21H22ClFN2O3/c22-18-5-2-6-19(23)17(18)7-8-21(27)24-20(14-26)15-3-1-4-16(13-15)25-9-11-28-12-10-25/h1-8,13,20,26H,9-12,14H2,(H,24,27)/t20-/m1/s1. The van der Waals surface area contributed by atoms with E-state index in [-0.39, 0.29) is 17.2 Å². The van der Waals surface area contributed by atoms with Crippen LogP contribution in [0.3, 0.4) is 0 Å². The van der Waals surface area contributed by atoms with Crippen LogP contribution >= 0.6 is 11.6 Å². The second kappa shape index (κ2) is 9.68. The second-order valence-corrected chi connectivity index (χ2v) is 6.81. The molecule has 148 valence electrons. The van der Waals surface area contributed by atoms with E-state index >= 15 is 0 Å². The molecule has 0 radical (unpaired) electrons. The van der Waals surface area contributed by atoms with Crippen LogP contribution in [0.25, 0.3) is 6.08 Å². The lowest BCUT2D eigenvalue weighted by molar-refractivity contribution is -0.117. The van der Waals surface area contributed by atoms with Gasteiger partial charge in [-0.2, -0.15) is 0 Å². The summed E-state index contributed by atoms with van der Waals surface area (Å²) in [5.74, 6) is -0.955. The van der Waals surface area contributed by atoms with Crippen LogP contribution < -0.4 is 10.2 Å². The van der Waals surface area contributed by atoms with Gasteiger partial charge in [-0.05, 0) is 35.9 Å². The molecule has 0 aliphatic carbocycles. The number of rotatable bonds is 6. The molecule has 1 atom stereocenters. The number of amides is 1. The van der Waals surface area contributed by atoms with Crippen LogP contribution in [0, 0.1) is 5.82 Å². The summed E-state index contributed by atoms with van der Waals surface area (Å²) in [6.07, 6.45) is 2.53. The third-order valence-electron chi connectivity index (χ3n) is 4.55. The van der Waals surface area contributed by atoms with Gasteiger partial charge in [0, 0.05) is 30.4 Å². The van der Waals surface area contributed by atoms with Crippen LogP contribution in [0.4, 0.5) is 10.1 Å². The molecule has 2 aromatic rings. The van der Waals surface area contributed by atoms with Gasteiger partial charge >= 0.3 is 0 Å². The van der Waals surface area contributed by atoms with Crippen molar-refractivity contribution in [2.45, 2.75) is 6.04 Å². The van der Waals surface area contributed by atoms with E-state index in [0.717, 1.165) is 24.3 Å². The van der Waals surface area contributed by atoms with Gasteiger partial charge in [0.1, 0.15) is 5.82 Å². The number of hydrogen-bond donors (Lipinski definition) is 2. The largest absolute Gasteiger partial charge is 0.394 e. The fraction of sp³-hybridized carbons (Fsp3) is 0.286. The minimum atomic E-state index is -0.575. The number of ether oxygens (including phenoxy) is 1. The van der Waals surface area contributed by atoms with Gasteiger partial charge in [-0.25, -0.2) is 4.39 Å². The number of benzene rings is 2. The maximum absolute atomic E-state index is 13.8. The highest BCUT2D eigenvalue weighted by Crippen LogP contribution is 2.22. The summed E-state index contributed by atoms with van der Waals surface area (Å²) >= 11 is 5.96. The third-order valence-corrected chi connectivity index (χ3v) is 4.88. The van der Waals surface area contributed by atoms with Crippen LogP contribution in [0.1, 0.15) is 17.2 Å². The molecule has 0 saturated carbocycles. The predicted molar refractivity (Wildman–Crippen MR) is 108 cm³/mol. The molecule has 0 bridgehead atoms. The monoisotopic (exact) mass is 404 g/mol. The van der Waals surface area contributed by atoms with Gasteiger partial charge in [0.05, 0.1) is 30.9 Å². The molecule has 2 N–H and O–H groups in total. The number of anilines is 1. The minimum absolute atomic E-state index is 0.147. The molecular formula is C21H22ClFN2O3. The van der Waals surface area contributed by atoms with Gasteiger partial charge in [-0.1, -0.05) is 29.8 Å². The van der Waals surface area contributed by atoms with Crippen molar-refractivity contribution >= 4 is 29.3 Å². The summed E-state index contributed by atoms with van der Waals surface area (Å²) in [5.41, 5.74) is 1.95. The Balaban J connectivity index is 1.70. The molecule has 0 unspecified atom stereocenters. The fourth-order valence-corrected chi connectivity index (χ4v) is 3.27. The van der Waals surface area contributed by atoms with E-state index in [4.69, 9.17) is 16.3 Å². The Morgan fingerprint density at radius 2 is 2.04 bits per heavy atom. The van der Waals surface area contributed by atoms with Crippen molar-refractivity contribution in [3.63, 3.8) is 0 Å². The molecular weight excluding hydrogens is 383 g/mol. The number of halogens is 2. The number of morpholine rings is 1. The zero-order chi connectivity index (χ0) is 19.9. The molecule has 28 heavy (non-hydrogen) atoms. The molecule has 2 aromatic carbocycles. The van der Waals surface area contributed by atoms with Crippen LogP contribution in [0.5, 0.6) is 0 Å². The molecule has 1 saturated heterocycles. The molecule has 1 heterocycles. The maximum atomic E-state index is 13.8. The van der Waals surface area contributed by atoms with Crippen molar-refractivity contribution < 1.29 is 19.0 Å². The first-order valence-corrected chi connectivity index (χ1v) is 9.42. The Morgan fingerprint density at radius 1 is 1.29 bits per heavy atom. The average molecular weight is 405 g/mol. The Bertz CT molecular complexity index is 833. The lowest BCUT2D eigenvalue weighted by Gasteiger charge is -2.29. The Morgan fingerprint density at radius 3 is 2.75 bits per heavy atom. The van der Waals surface area contributed by atoms with E-state index in [2.05, 4.69) is 10.2 Å².